The van der Waals surface area contributed by atoms with Crippen molar-refractivity contribution < 1.29 is 19.8 Å². The highest BCUT2D eigenvalue weighted by molar-refractivity contribution is 5.96. The van der Waals surface area contributed by atoms with E-state index in [1.54, 1.807) is 0 Å². The molecule has 5 aliphatic rings. The normalized spacial score (nSPS) is 51.8. The van der Waals surface area contributed by atoms with Gasteiger partial charge in [-0.15, -0.1) is 0 Å². The van der Waals surface area contributed by atoms with Crippen molar-refractivity contribution in [2.75, 3.05) is 0 Å². The molecule has 8 atom stereocenters. The fourth-order valence-electron chi connectivity index (χ4n) is 9.75. The van der Waals surface area contributed by atoms with Crippen molar-refractivity contribution in [1.82, 2.24) is 0 Å². The summed E-state index contributed by atoms with van der Waals surface area (Å²) < 4.78 is 0. The molecule has 0 bridgehead atoms. The number of hydrogen-bond acceptors (Lipinski definition) is 3. The van der Waals surface area contributed by atoms with Gasteiger partial charge in [-0.2, -0.15) is 0 Å². The Hall–Kier alpha value is -1.42. The summed E-state index contributed by atoms with van der Waals surface area (Å²) in [5, 5.41) is 20.9. The molecule has 0 amide bonds. The first kappa shape index (κ1) is 24.3. The van der Waals surface area contributed by atoms with Gasteiger partial charge in [-0.25, -0.2) is 0 Å². The number of carboxylic acids is 1. The maximum atomic E-state index is 14.2. The fraction of sp³-hybridized carbons (Fsp3) is 0.800. The Kier molecular flexibility index (Phi) is 4.90. The van der Waals surface area contributed by atoms with Gasteiger partial charge in [0.25, 0.3) is 0 Å². The molecule has 0 saturated heterocycles. The van der Waals surface area contributed by atoms with Gasteiger partial charge < -0.3 is 10.2 Å². The van der Waals surface area contributed by atoms with E-state index in [-0.39, 0.29) is 44.9 Å². The largest absolute Gasteiger partial charge is 0.481 e. The molecule has 4 nitrogen and oxygen atoms in total. The van der Waals surface area contributed by atoms with Crippen LogP contribution in [-0.4, -0.2) is 28.1 Å². The van der Waals surface area contributed by atoms with E-state index >= 15 is 0 Å². The van der Waals surface area contributed by atoms with Gasteiger partial charge in [0.1, 0.15) is 0 Å². The molecule has 0 unspecified atom stereocenters. The smallest absolute Gasteiger partial charge is 0.313 e. The average Bonchev–Trinajstić information content (AvgIpc) is 2.73. The SMILES string of the molecule is CC1(C)[C@@H](O)CC[C@]2(C)[C@H]3C(=O)C=C4C5=C[C@@](C)(C(=O)O)CC[C@]5(C)CC[C@@]4(C)[C@]3(C)CC[C@@H]12. The van der Waals surface area contributed by atoms with Crippen LogP contribution in [0.15, 0.2) is 23.3 Å². The van der Waals surface area contributed by atoms with Gasteiger partial charge in [-0.3, -0.25) is 9.59 Å². The van der Waals surface area contributed by atoms with Crippen LogP contribution in [0.4, 0.5) is 0 Å². The second-order valence-corrected chi connectivity index (χ2v) is 14.5. The molecule has 188 valence electrons. The number of aliphatic hydroxyl groups excluding tert-OH is 1. The van der Waals surface area contributed by atoms with Crippen LogP contribution < -0.4 is 0 Å². The molecule has 2 N–H and O–H groups in total. The number of aliphatic carboxylic acids is 1. The van der Waals surface area contributed by atoms with Crippen molar-refractivity contribution in [3.05, 3.63) is 23.3 Å². The molecule has 0 spiro atoms. The first-order valence-corrected chi connectivity index (χ1v) is 13.5. The van der Waals surface area contributed by atoms with Gasteiger partial charge in [0, 0.05) is 5.92 Å². The zero-order chi connectivity index (χ0) is 25.1. The number of carboxylic acid groups (broad SMARTS) is 1. The number of hydrogen-bond donors (Lipinski definition) is 2. The van der Waals surface area contributed by atoms with Crippen LogP contribution in [-0.2, 0) is 9.59 Å². The molecule has 34 heavy (non-hydrogen) atoms. The third-order valence-corrected chi connectivity index (χ3v) is 12.4. The molecule has 0 aromatic carbocycles. The molecule has 5 aliphatic carbocycles. The Morgan fingerprint density at radius 2 is 1.53 bits per heavy atom. The summed E-state index contributed by atoms with van der Waals surface area (Å²) in [6, 6.07) is 0. The lowest BCUT2D eigenvalue weighted by Crippen LogP contribution is -2.65. The Morgan fingerprint density at radius 3 is 2.18 bits per heavy atom. The van der Waals surface area contributed by atoms with E-state index in [2.05, 4.69) is 41.5 Å². The summed E-state index contributed by atoms with van der Waals surface area (Å²) in [6.07, 6.45) is 10.9. The maximum Gasteiger partial charge on any atom is 0.313 e. The minimum Gasteiger partial charge on any atom is -0.481 e. The van der Waals surface area contributed by atoms with Gasteiger partial charge in [0.2, 0.25) is 0 Å². The number of carbonyl (C=O) groups excluding carboxylic acids is 1. The van der Waals surface area contributed by atoms with Crippen LogP contribution >= 0.6 is 0 Å². The molecule has 0 aromatic heterocycles. The first-order valence-electron chi connectivity index (χ1n) is 13.5. The van der Waals surface area contributed by atoms with Gasteiger partial charge >= 0.3 is 5.97 Å². The highest BCUT2D eigenvalue weighted by Gasteiger charge is 2.69. The summed E-state index contributed by atoms with van der Waals surface area (Å²) in [5.41, 5.74) is 0.698. The Balaban J connectivity index is 1.68. The predicted molar refractivity (Wildman–Crippen MR) is 133 cm³/mol. The zero-order valence-electron chi connectivity index (χ0n) is 22.3. The van der Waals surface area contributed by atoms with E-state index in [1.807, 2.05) is 19.1 Å². The van der Waals surface area contributed by atoms with Gasteiger partial charge in [-0.1, -0.05) is 47.6 Å². The lowest BCUT2D eigenvalue weighted by atomic mass is 9.34. The van der Waals surface area contributed by atoms with Gasteiger partial charge in [0.15, 0.2) is 5.78 Å². The van der Waals surface area contributed by atoms with E-state index in [0.29, 0.717) is 12.3 Å². The minimum absolute atomic E-state index is 0.0537. The molecule has 0 heterocycles. The van der Waals surface area contributed by atoms with Crippen molar-refractivity contribution in [1.29, 1.82) is 0 Å². The second-order valence-electron chi connectivity index (χ2n) is 14.5. The summed E-state index contributed by atoms with van der Waals surface area (Å²) in [4.78, 5) is 26.4. The van der Waals surface area contributed by atoms with E-state index in [1.165, 1.54) is 0 Å². The number of ketones is 1. The maximum absolute atomic E-state index is 14.2. The van der Waals surface area contributed by atoms with Crippen molar-refractivity contribution in [2.24, 2.45) is 44.3 Å². The molecule has 3 fully saturated rings. The lowest BCUT2D eigenvalue weighted by Gasteiger charge is -2.69. The molecular weight excluding hydrogens is 424 g/mol. The molecule has 0 radical (unpaired) electrons. The van der Waals surface area contributed by atoms with Crippen molar-refractivity contribution in [3.8, 4) is 0 Å². The monoisotopic (exact) mass is 468 g/mol. The summed E-state index contributed by atoms with van der Waals surface area (Å²) in [7, 11) is 0. The van der Waals surface area contributed by atoms with Crippen molar-refractivity contribution in [3.63, 3.8) is 0 Å². The molecule has 0 aromatic rings. The molecule has 5 rings (SSSR count). The molecule has 4 heteroatoms. The first-order chi connectivity index (χ1) is 15.6. The molecular formula is C30H44O4. The van der Waals surface area contributed by atoms with Crippen LogP contribution in [0.25, 0.3) is 0 Å². The van der Waals surface area contributed by atoms with Gasteiger partial charge in [0.05, 0.1) is 11.5 Å². The van der Waals surface area contributed by atoms with E-state index in [0.717, 1.165) is 56.1 Å². The fourth-order valence-corrected chi connectivity index (χ4v) is 9.75. The summed E-state index contributed by atoms with van der Waals surface area (Å²) in [5.74, 6) is -0.264. The lowest BCUT2D eigenvalue weighted by molar-refractivity contribution is -0.197. The van der Waals surface area contributed by atoms with Crippen molar-refractivity contribution >= 4 is 11.8 Å². The summed E-state index contributed by atoms with van der Waals surface area (Å²) >= 11 is 0. The van der Waals surface area contributed by atoms with Crippen LogP contribution in [0, 0.1) is 44.3 Å². The quantitative estimate of drug-likeness (QED) is 0.471. The Labute approximate surface area is 205 Å². The molecule has 3 saturated carbocycles. The van der Waals surface area contributed by atoms with Gasteiger partial charge in [-0.05, 0) is 109 Å². The highest BCUT2D eigenvalue weighted by atomic mass is 16.4. The third kappa shape index (κ3) is 2.75. The molecule has 0 aliphatic heterocycles. The Morgan fingerprint density at radius 1 is 0.882 bits per heavy atom. The predicted octanol–water partition coefficient (Wildman–Crippen LogP) is 6.33. The Bertz CT molecular complexity index is 1020. The summed E-state index contributed by atoms with van der Waals surface area (Å²) in [6.45, 7) is 15.6. The van der Waals surface area contributed by atoms with E-state index in [9.17, 15) is 19.8 Å². The van der Waals surface area contributed by atoms with Crippen LogP contribution in [0.2, 0.25) is 0 Å². The number of rotatable bonds is 1. The number of allylic oxidation sites excluding steroid dienone is 3. The minimum atomic E-state index is -0.873. The third-order valence-electron chi connectivity index (χ3n) is 12.4. The topological polar surface area (TPSA) is 74.6 Å². The zero-order valence-corrected chi connectivity index (χ0v) is 22.3. The standard InChI is InChI=1S/C30H44O4/c1-25(2)21-8-11-30(7)23(28(21,5)10-9-22(25)32)20(31)16-18-19-17-27(4,24(33)34)13-12-26(19,3)14-15-29(18,30)6/h16-17,21-23,32H,8-15H2,1-7H3,(H,33,34)/t21-,22-,23+,26+,27-,28-,29+,30+/m0/s1. The number of carbonyl (C=O) groups is 2. The van der Waals surface area contributed by atoms with E-state index in [4.69, 9.17) is 0 Å². The number of fused-ring (bicyclic) bond motifs is 7. The highest BCUT2D eigenvalue weighted by Crippen LogP contribution is 2.74. The van der Waals surface area contributed by atoms with Crippen LogP contribution in [0.5, 0.6) is 0 Å². The van der Waals surface area contributed by atoms with Crippen LogP contribution in [0.1, 0.15) is 99.8 Å². The van der Waals surface area contributed by atoms with E-state index < -0.39 is 11.4 Å². The average molecular weight is 469 g/mol. The second kappa shape index (κ2) is 6.87. The van der Waals surface area contributed by atoms with Crippen molar-refractivity contribution in [2.45, 2.75) is 106 Å². The van der Waals surface area contributed by atoms with Crippen LogP contribution in [0.3, 0.4) is 0 Å². The number of aliphatic hydroxyl groups is 1.